The van der Waals surface area contributed by atoms with Crippen LogP contribution < -0.4 is 15.5 Å². The average molecular weight is 453 g/mol. The van der Waals surface area contributed by atoms with Crippen molar-refractivity contribution in [3.05, 3.63) is 83.9 Å². The number of rotatable bonds is 9. The van der Waals surface area contributed by atoms with Gasteiger partial charge in [-0.1, -0.05) is 60.7 Å². The van der Waals surface area contributed by atoms with Crippen LogP contribution in [-0.4, -0.2) is 45.5 Å². The molecule has 0 saturated heterocycles. The van der Waals surface area contributed by atoms with E-state index in [0.29, 0.717) is 4.73 Å². The van der Waals surface area contributed by atoms with E-state index in [1.54, 1.807) is 42.5 Å². The molecule has 2 amide bonds. The zero-order chi connectivity index (χ0) is 23.6. The van der Waals surface area contributed by atoms with Crippen molar-refractivity contribution in [1.82, 2.24) is 15.4 Å². The second-order valence-electron chi connectivity index (χ2n) is 6.98. The lowest BCUT2D eigenvalue weighted by atomic mass is 10.1. The second kappa shape index (κ2) is 11.2. The van der Waals surface area contributed by atoms with Crippen molar-refractivity contribution >= 4 is 18.0 Å². The Morgan fingerprint density at radius 3 is 2.03 bits per heavy atom. The third kappa shape index (κ3) is 7.03. The van der Waals surface area contributed by atoms with Gasteiger partial charge in [-0.05, 0) is 11.1 Å². The summed E-state index contributed by atoms with van der Waals surface area (Å²) < 4.78 is 5.58. The van der Waals surface area contributed by atoms with Gasteiger partial charge >= 0.3 is 12.1 Å². The monoisotopic (exact) mass is 453 g/mol. The van der Waals surface area contributed by atoms with Crippen LogP contribution in [0.2, 0.25) is 0 Å². The molecule has 0 radical (unpaired) electrons. The molecule has 0 aliphatic rings. The molecule has 172 valence electrons. The molecule has 0 fully saturated rings. The number of carbonyl (C=O) groups is 3. The van der Waals surface area contributed by atoms with Crippen molar-refractivity contribution in [2.45, 2.75) is 19.1 Å². The minimum Gasteiger partial charge on any atom is -0.492 e. The molecule has 0 aliphatic carbocycles. The van der Waals surface area contributed by atoms with Crippen molar-refractivity contribution in [1.29, 1.82) is 0 Å². The van der Waals surface area contributed by atoms with Gasteiger partial charge in [0.1, 0.15) is 19.2 Å². The number of alkyl carbamates (subject to hydrolysis) is 1. The zero-order valence-corrected chi connectivity index (χ0v) is 17.5. The largest absolute Gasteiger partial charge is 0.492 e. The molecule has 0 saturated carbocycles. The lowest BCUT2D eigenvalue weighted by Gasteiger charge is -2.18. The second-order valence-corrected chi connectivity index (χ2v) is 6.98. The Balaban J connectivity index is 1.57. The van der Waals surface area contributed by atoms with Crippen LogP contribution in [0.4, 0.5) is 4.79 Å². The summed E-state index contributed by atoms with van der Waals surface area (Å²) in [6.45, 7) is -0.396. The Morgan fingerprint density at radius 1 is 0.848 bits per heavy atom. The van der Waals surface area contributed by atoms with Gasteiger partial charge in [0, 0.05) is 18.6 Å². The summed E-state index contributed by atoms with van der Waals surface area (Å²) in [5, 5.41) is 24.2. The topological polar surface area (TPSA) is 139 Å². The predicted octanol–water partition coefficient (Wildman–Crippen LogP) is 1.51. The molecule has 0 bridgehead atoms. The van der Waals surface area contributed by atoms with E-state index in [1.165, 1.54) is 0 Å². The summed E-state index contributed by atoms with van der Waals surface area (Å²) in [4.78, 5) is 41.9. The fourth-order valence-electron chi connectivity index (χ4n) is 2.86. The third-order valence-electron chi connectivity index (χ3n) is 4.49. The number of carbonyl (C=O) groups excluding carboxylic acids is 3. The molecule has 2 aromatic carbocycles. The molecule has 3 rings (SSSR count). The van der Waals surface area contributed by atoms with Crippen LogP contribution in [0.3, 0.4) is 0 Å². The molecular formula is C23H23N3O7. The van der Waals surface area contributed by atoms with Crippen molar-refractivity contribution in [2.24, 2.45) is 0 Å². The zero-order valence-electron chi connectivity index (χ0n) is 17.5. The lowest BCUT2D eigenvalue weighted by molar-refractivity contribution is -0.149. The summed E-state index contributed by atoms with van der Waals surface area (Å²) in [5.74, 6) is -2.58. The van der Waals surface area contributed by atoms with Crippen LogP contribution in [-0.2, 0) is 27.4 Å². The van der Waals surface area contributed by atoms with Gasteiger partial charge in [0.25, 0.3) is 0 Å². The van der Waals surface area contributed by atoms with Crippen molar-refractivity contribution < 1.29 is 34.2 Å². The molecule has 10 heteroatoms. The summed E-state index contributed by atoms with van der Waals surface area (Å²) in [7, 11) is 0. The smallest absolute Gasteiger partial charge is 0.407 e. The molecule has 0 aliphatic heterocycles. The highest BCUT2D eigenvalue weighted by molar-refractivity contribution is 5.87. The fraction of sp³-hybridized carbons (Fsp3) is 0.174. The molecule has 10 nitrogen and oxygen atoms in total. The van der Waals surface area contributed by atoms with E-state index in [2.05, 4.69) is 10.6 Å². The van der Waals surface area contributed by atoms with E-state index in [4.69, 9.17) is 9.57 Å². The molecule has 0 spiro atoms. The van der Waals surface area contributed by atoms with E-state index < -0.39 is 42.3 Å². The maximum atomic E-state index is 12.7. The Labute approximate surface area is 189 Å². The molecule has 1 aromatic heterocycles. The maximum Gasteiger partial charge on any atom is 0.407 e. The average Bonchev–Trinajstić information content (AvgIpc) is 3.14. The molecule has 4 N–H and O–H groups in total. The van der Waals surface area contributed by atoms with E-state index in [-0.39, 0.29) is 13.0 Å². The first kappa shape index (κ1) is 23.2. The van der Waals surface area contributed by atoms with Crippen molar-refractivity contribution in [3.8, 4) is 11.8 Å². The number of hydrogen-bond acceptors (Lipinski definition) is 7. The normalized spacial score (nSPS) is 11.3. The number of aromatic nitrogens is 1. The number of nitrogens with zero attached hydrogens (tertiary/aromatic N) is 1. The number of ether oxygens (including phenoxy) is 1. The standard InChI is InChI=1S/C23H23N3O7/c27-19(14-24-23(31)32-15-17-9-5-2-6-10-17)25-18(13-16-7-3-1-4-8-16)22(30)33-26-20(28)11-12-21(26)29/h1-12,18,28-29H,13-15H2,(H,24,31)(H,25,27)/t18-/m0/s1. The Morgan fingerprint density at radius 2 is 1.42 bits per heavy atom. The van der Waals surface area contributed by atoms with Crippen LogP contribution in [0.5, 0.6) is 11.8 Å². The fourth-order valence-corrected chi connectivity index (χ4v) is 2.86. The predicted molar refractivity (Wildman–Crippen MR) is 116 cm³/mol. The van der Waals surface area contributed by atoms with Gasteiger partial charge in [0.15, 0.2) is 0 Å². The minimum absolute atomic E-state index is 0.0428. The molecule has 1 atom stereocenters. The van der Waals surface area contributed by atoms with E-state index in [0.717, 1.165) is 23.3 Å². The first-order valence-electron chi connectivity index (χ1n) is 10.0. The Hall–Kier alpha value is -4.47. The Kier molecular flexibility index (Phi) is 7.90. The summed E-state index contributed by atoms with van der Waals surface area (Å²) in [6.07, 6.45) is -0.717. The first-order chi connectivity index (χ1) is 15.9. The molecule has 0 unspecified atom stereocenters. The van der Waals surface area contributed by atoms with E-state index in [9.17, 15) is 24.6 Å². The maximum absolute atomic E-state index is 12.7. The van der Waals surface area contributed by atoms with Crippen LogP contribution >= 0.6 is 0 Å². The number of benzene rings is 2. The van der Waals surface area contributed by atoms with Gasteiger partial charge in [-0.2, -0.15) is 0 Å². The van der Waals surface area contributed by atoms with Crippen LogP contribution in [0.25, 0.3) is 0 Å². The summed E-state index contributed by atoms with van der Waals surface area (Å²) in [6, 6.07) is 19.0. The number of hydrogen-bond donors (Lipinski definition) is 4. The lowest BCUT2D eigenvalue weighted by Crippen LogP contribution is -2.49. The van der Waals surface area contributed by atoms with Crippen LogP contribution in [0.15, 0.2) is 72.8 Å². The van der Waals surface area contributed by atoms with Crippen LogP contribution in [0, 0.1) is 0 Å². The van der Waals surface area contributed by atoms with E-state index >= 15 is 0 Å². The Bertz CT molecular complexity index is 1060. The quantitative estimate of drug-likeness (QED) is 0.385. The van der Waals surface area contributed by atoms with Crippen molar-refractivity contribution in [3.63, 3.8) is 0 Å². The van der Waals surface area contributed by atoms with E-state index in [1.807, 2.05) is 18.2 Å². The SMILES string of the molecule is O=C(CNC(=O)OCc1ccccc1)N[C@@H](Cc1ccccc1)C(=O)On1c(O)ccc1O. The van der Waals surface area contributed by atoms with Gasteiger partial charge in [-0.25, -0.2) is 9.59 Å². The highest BCUT2D eigenvalue weighted by atomic mass is 16.7. The first-order valence-corrected chi connectivity index (χ1v) is 10.0. The molecule has 33 heavy (non-hydrogen) atoms. The number of aromatic hydroxyl groups is 2. The summed E-state index contributed by atoms with van der Waals surface area (Å²) in [5.41, 5.74) is 1.52. The third-order valence-corrected chi connectivity index (χ3v) is 4.49. The van der Waals surface area contributed by atoms with Crippen molar-refractivity contribution in [2.75, 3.05) is 6.54 Å². The van der Waals surface area contributed by atoms with Gasteiger partial charge in [0.2, 0.25) is 17.7 Å². The van der Waals surface area contributed by atoms with Gasteiger partial charge < -0.3 is 30.4 Å². The highest BCUT2D eigenvalue weighted by Crippen LogP contribution is 2.19. The highest BCUT2D eigenvalue weighted by Gasteiger charge is 2.25. The number of nitrogens with one attached hydrogen (secondary N) is 2. The minimum atomic E-state index is -1.16. The van der Waals surface area contributed by atoms with Gasteiger partial charge in [-0.3, -0.25) is 4.79 Å². The molecular weight excluding hydrogens is 430 g/mol. The summed E-state index contributed by atoms with van der Waals surface area (Å²) >= 11 is 0. The van der Waals surface area contributed by atoms with Crippen LogP contribution in [0.1, 0.15) is 11.1 Å². The van der Waals surface area contributed by atoms with Gasteiger partial charge in [-0.15, -0.1) is 4.73 Å². The van der Waals surface area contributed by atoms with Gasteiger partial charge in [0.05, 0.1) is 0 Å². The number of amides is 2. The molecule has 3 aromatic rings. The molecule has 1 heterocycles.